The number of primary sulfonamides is 1. The van der Waals surface area contributed by atoms with Crippen LogP contribution in [-0.2, 0) is 16.6 Å². The molecule has 1 aromatic rings. The highest BCUT2D eigenvalue weighted by atomic mass is 35.5. The minimum absolute atomic E-state index is 0. The van der Waals surface area contributed by atoms with Crippen molar-refractivity contribution in [3.05, 3.63) is 29.6 Å². The van der Waals surface area contributed by atoms with Crippen LogP contribution < -0.4 is 10.9 Å². The van der Waals surface area contributed by atoms with E-state index in [0.717, 1.165) is 12.1 Å². The van der Waals surface area contributed by atoms with Crippen molar-refractivity contribution < 1.29 is 12.8 Å². The predicted octanol–water partition coefficient (Wildman–Crippen LogP) is 0.354. The second-order valence-corrected chi connectivity index (χ2v) is 4.03. The van der Waals surface area contributed by atoms with Gasteiger partial charge in [0, 0.05) is 6.54 Å². The van der Waals surface area contributed by atoms with Crippen molar-refractivity contribution in [3.63, 3.8) is 0 Å². The number of hydrogen-bond acceptors (Lipinski definition) is 3. The maximum Gasteiger partial charge on any atom is 0.238 e. The third-order valence-electron chi connectivity index (χ3n) is 1.56. The Morgan fingerprint density at radius 1 is 1.36 bits per heavy atom. The zero-order valence-corrected chi connectivity index (χ0v) is 8.74. The molecule has 4 nitrogen and oxygen atoms in total. The lowest BCUT2D eigenvalue weighted by molar-refractivity contribution is 0.590. The van der Waals surface area contributed by atoms with Gasteiger partial charge in [-0.2, -0.15) is 0 Å². The fraction of sp³-hybridized carbons (Fsp3) is 0.143. The molecule has 0 unspecified atom stereocenters. The van der Waals surface area contributed by atoms with Crippen molar-refractivity contribution >= 4 is 22.4 Å². The van der Waals surface area contributed by atoms with Crippen molar-refractivity contribution in [2.45, 2.75) is 11.4 Å². The highest BCUT2D eigenvalue weighted by Gasteiger charge is 2.13. The van der Waals surface area contributed by atoms with Gasteiger partial charge in [0.05, 0.1) is 4.90 Å². The third kappa shape index (κ3) is 2.91. The van der Waals surface area contributed by atoms with E-state index in [0.29, 0.717) is 5.56 Å². The number of rotatable bonds is 2. The van der Waals surface area contributed by atoms with Crippen LogP contribution in [0.25, 0.3) is 0 Å². The fourth-order valence-corrected chi connectivity index (χ4v) is 1.76. The molecule has 0 radical (unpaired) electrons. The van der Waals surface area contributed by atoms with Gasteiger partial charge in [-0.05, 0) is 17.7 Å². The Kier molecular flexibility index (Phi) is 4.47. The van der Waals surface area contributed by atoms with E-state index in [1.165, 1.54) is 6.07 Å². The lowest BCUT2D eigenvalue weighted by atomic mass is 10.2. The Bertz CT molecular complexity index is 422. The van der Waals surface area contributed by atoms with Gasteiger partial charge in [0.15, 0.2) is 0 Å². The van der Waals surface area contributed by atoms with Crippen molar-refractivity contribution in [2.24, 2.45) is 10.9 Å². The Hall–Kier alpha value is -0.690. The summed E-state index contributed by atoms with van der Waals surface area (Å²) in [6.07, 6.45) is 0. The first-order valence-corrected chi connectivity index (χ1v) is 5.01. The molecule has 0 spiro atoms. The SMILES string of the molecule is Cl.NCc1ccc(F)cc1S(N)(=O)=O. The van der Waals surface area contributed by atoms with Crippen molar-refractivity contribution in [1.29, 1.82) is 0 Å². The molecule has 0 aliphatic rings. The minimum atomic E-state index is -3.89. The van der Waals surface area contributed by atoms with Gasteiger partial charge in [0.25, 0.3) is 0 Å². The normalized spacial score (nSPS) is 10.8. The molecule has 0 atom stereocenters. The summed E-state index contributed by atoms with van der Waals surface area (Å²) in [6, 6.07) is 3.30. The lowest BCUT2D eigenvalue weighted by Crippen LogP contribution is -2.16. The average Bonchev–Trinajstić information content (AvgIpc) is 2.03. The maximum absolute atomic E-state index is 12.7. The largest absolute Gasteiger partial charge is 0.326 e. The summed E-state index contributed by atoms with van der Waals surface area (Å²) in [4.78, 5) is -0.255. The van der Waals surface area contributed by atoms with Gasteiger partial charge in [-0.3, -0.25) is 0 Å². The first kappa shape index (κ1) is 13.3. The highest BCUT2D eigenvalue weighted by molar-refractivity contribution is 7.89. The van der Waals surface area contributed by atoms with Crippen LogP contribution in [0, 0.1) is 5.82 Å². The van der Waals surface area contributed by atoms with Crippen molar-refractivity contribution in [1.82, 2.24) is 0 Å². The first-order chi connectivity index (χ1) is 5.95. The molecule has 0 aliphatic heterocycles. The van der Waals surface area contributed by atoms with E-state index >= 15 is 0 Å². The molecule has 0 fully saturated rings. The average molecular weight is 241 g/mol. The molecule has 80 valence electrons. The van der Waals surface area contributed by atoms with E-state index in [4.69, 9.17) is 10.9 Å². The molecule has 0 heterocycles. The second kappa shape index (κ2) is 4.70. The van der Waals surface area contributed by atoms with Crippen LogP contribution in [0.3, 0.4) is 0 Å². The quantitative estimate of drug-likeness (QED) is 0.782. The van der Waals surface area contributed by atoms with Crippen molar-refractivity contribution in [2.75, 3.05) is 0 Å². The van der Waals surface area contributed by atoms with Gasteiger partial charge in [-0.1, -0.05) is 6.07 Å². The summed E-state index contributed by atoms with van der Waals surface area (Å²) in [5, 5.41) is 4.85. The zero-order chi connectivity index (χ0) is 10.1. The minimum Gasteiger partial charge on any atom is -0.326 e. The number of benzene rings is 1. The molecule has 7 heteroatoms. The number of sulfonamides is 1. The van der Waals surface area contributed by atoms with E-state index in [1.54, 1.807) is 0 Å². The van der Waals surface area contributed by atoms with E-state index in [1.807, 2.05) is 0 Å². The van der Waals surface area contributed by atoms with Gasteiger partial charge in [0.2, 0.25) is 10.0 Å². The Morgan fingerprint density at radius 3 is 2.36 bits per heavy atom. The Balaban J connectivity index is 0.00000169. The highest BCUT2D eigenvalue weighted by Crippen LogP contribution is 2.14. The van der Waals surface area contributed by atoms with Crippen LogP contribution in [0.4, 0.5) is 4.39 Å². The number of halogens is 2. The van der Waals surface area contributed by atoms with Gasteiger partial charge in [0.1, 0.15) is 5.82 Å². The van der Waals surface area contributed by atoms with Gasteiger partial charge >= 0.3 is 0 Å². The maximum atomic E-state index is 12.7. The Labute approximate surface area is 87.6 Å². The van der Waals surface area contributed by atoms with Crippen molar-refractivity contribution in [3.8, 4) is 0 Å². The second-order valence-electron chi connectivity index (χ2n) is 2.50. The predicted molar refractivity (Wildman–Crippen MR) is 52.9 cm³/mol. The molecular weight excluding hydrogens is 231 g/mol. The molecule has 1 rings (SSSR count). The van der Waals surface area contributed by atoms with Gasteiger partial charge < -0.3 is 5.73 Å². The van der Waals surface area contributed by atoms with Crippen LogP contribution in [0.1, 0.15) is 5.56 Å². The van der Waals surface area contributed by atoms with E-state index in [9.17, 15) is 12.8 Å². The van der Waals surface area contributed by atoms with E-state index in [2.05, 4.69) is 0 Å². The molecule has 14 heavy (non-hydrogen) atoms. The fourth-order valence-electron chi connectivity index (χ4n) is 0.962. The van der Waals surface area contributed by atoms with E-state index < -0.39 is 15.8 Å². The van der Waals surface area contributed by atoms with Crippen LogP contribution in [-0.4, -0.2) is 8.42 Å². The molecule has 1 aromatic carbocycles. The van der Waals surface area contributed by atoms with Crippen LogP contribution in [0.5, 0.6) is 0 Å². The molecule has 0 saturated heterocycles. The lowest BCUT2D eigenvalue weighted by Gasteiger charge is -2.04. The monoisotopic (exact) mass is 240 g/mol. The summed E-state index contributed by atoms with van der Waals surface area (Å²) in [7, 11) is -3.89. The smallest absolute Gasteiger partial charge is 0.238 e. The number of nitrogens with two attached hydrogens (primary N) is 2. The molecule has 0 amide bonds. The Morgan fingerprint density at radius 2 is 1.93 bits per heavy atom. The zero-order valence-electron chi connectivity index (χ0n) is 7.10. The third-order valence-corrected chi connectivity index (χ3v) is 2.55. The van der Waals surface area contributed by atoms with Crippen LogP contribution >= 0.6 is 12.4 Å². The summed E-state index contributed by atoms with van der Waals surface area (Å²) < 4.78 is 34.5. The van der Waals surface area contributed by atoms with Crippen LogP contribution in [0.2, 0.25) is 0 Å². The summed E-state index contributed by atoms with van der Waals surface area (Å²) >= 11 is 0. The van der Waals surface area contributed by atoms with Gasteiger partial charge in [-0.25, -0.2) is 17.9 Å². The molecule has 0 aliphatic carbocycles. The molecular formula is C7H10ClFN2O2S. The van der Waals surface area contributed by atoms with E-state index in [-0.39, 0.29) is 23.8 Å². The molecule has 0 aromatic heterocycles. The topological polar surface area (TPSA) is 86.2 Å². The summed E-state index contributed by atoms with van der Waals surface area (Å²) in [5.41, 5.74) is 5.56. The standard InChI is InChI=1S/C7H9FN2O2S.ClH/c8-6-2-1-5(4-9)7(3-6)13(10,11)12;/h1-3H,4,9H2,(H2,10,11,12);1H. The molecule has 0 saturated carbocycles. The van der Waals surface area contributed by atoms with Crippen LogP contribution in [0.15, 0.2) is 23.1 Å². The van der Waals surface area contributed by atoms with Gasteiger partial charge in [-0.15, -0.1) is 12.4 Å². The molecule has 0 bridgehead atoms. The molecule has 4 N–H and O–H groups in total. The number of hydrogen-bond donors (Lipinski definition) is 2. The summed E-state index contributed by atoms with van der Waals surface area (Å²) in [5.74, 6) is -0.652. The first-order valence-electron chi connectivity index (χ1n) is 3.46. The summed E-state index contributed by atoms with van der Waals surface area (Å²) in [6.45, 7) is 0.00600.